The Bertz CT molecular complexity index is 528. The van der Waals surface area contributed by atoms with Gasteiger partial charge >= 0.3 is 0 Å². The number of nitrogens with one attached hydrogen (secondary N) is 1. The lowest BCUT2D eigenvalue weighted by Gasteiger charge is -2.03. The molecule has 1 aromatic rings. The van der Waals surface area contributed by atoms with Gasteiger partial charge in [0.25, 0.3) is 5.91 Å². The van der Waals surface area contributed by atoms with Crippen molar-refractivity contribution in [3.8, 4) is 5.75 Å². The normalized spacial score (nSPS) is 17.4. The van der Waals surface area contributed by atoms with Crippen molar-refractivity contribution in [1.82, 2.24) is 5.32 Å². The first-order valence-corrected chi connectivity index (χ1v) is 6.29. The summed E-state index contributed by atoms with van der Waals surface area (Å²) in [5, 5.41) is 3.06. The highest BCUT2D eigenvalue weighted by atomic mass is 35.5. The molecule has 1 amide bonds. The minimum atomic E-state index is -0.174. The minimum absolute atomic E-state index is 0.174. The van der Waals surface area contributed by atoms with Gasteiger partial charge in [0, 0.05) is 0 Å². The average molecular weight is 286 g/mol. The quantitative estimate of drug-likeness (QED) is 0.670. The van der Waals surface area contributed by atoms with Crippen LogP contribution in [0.1, 0.15) is 5.56 Å². The summed E-state index contributed by atoms with van der Waals surface area (Å²) in [5.41, 5.74) is 0.832. The van der Waals surface area contributed by atoms with E-state index in [0.29, 0.717) is 20.0 Å². The second-order valence-electron chi connectivity index (χ2n) is 3.25. The second-order valence-corrected chi connectivity index (χ2v) is 5.37. The van der Waals surface area contributed by atoms with Crippen molar-refractivity contribution in [3.05, 3.63) is 33.7 Å². The Labute approximate surface area is 113 Å². The van der Waals surface area contributed by atoms with E-state index in [1.807, 2.05) is 6.07 Å². The van der Waals surface area contributed by atoms with Gasteiger partial charge in [-0.25, -0.2) is 0 Å². The van der Waals surface area contributed by atoms with E-state index in [2.05, 4.69) is 5.32 Å². The fraction of sp³-hybridized carbons (Fsp3) is 0.0909. The molecule has 6 heteroatoms. The van der Waals surface area contributed by atoms with Gasteiger partial charge < -0.3 is 10.1 Å². The third-order valence-corrected chi connectivity index (χ3v) is 3.57. The average Bonchev–Trinajstić information content (AvgIpc) is 2.58. The summed E-state index contributed by atoms with van der Waals surface area (Å²) in [5.74, 6) is 0.430. The zero-order valence-electron chi connectivity index (χ0n) is 8.82. The summed E-state index contributed by atoms with van der Waals surface area (Å²) in [6.07, 6.45) is 1.74. The van der Waals surface area contributed by atoms with E-state index in [1.54, 1.807) is 25.3 Å². The third kappa shape index (κ3) is 2.80. The van der Waals surface area contributed by atoms with Crippen molar-refractivity contribution in [3.63, 3.8) is 0 Å². The molecule has 2 rings (SSSR count). The van der Waals surface area contributed by atoms with Crippen LogP contribution in [0, 0.1) is 0 Å². The van der Waals surface area contributed by atoms with Crippen LogP contribution in [0.4, 0.5) is 0 Å². The molecule has 0 aliphatic carbocycles. The van der Waals surface area contributed by atoms with Gasteiger partial charge in [0.2, 0.25) is 0 Å². The van der Waals surface area contributed by atoms with E-state index >= 15 is 0 Å². The Hall–Kier alpha value is -1.04. The van der Waals surface area contributed by atoms with Gasteiger partial charge in [-0.05, 0) is 23.8 Å². The maximum atomic E-state index is 11.5. The molecule has 0 saturated carbocycles. The number of carbonyl (C=O) groups excluding carboxylic acids is 1. The highest BCUT2D eigenvalue weighted by Crippen LogP contribution is 2.29. The molecule has 1 aliphatic heterocycles. The maximum Gasteiger partial charge on any atom is 0.263 e. The zero-order chi connectivity index (χ0) is 12.4. The largest absolute Gasteiger partial charge is 0.495 e. The molecule has 0 atom stereocenters. The SMILES string of the molecule is COc1ccc(C=C2SC(=S)NC2=O)cc1Cl. The molecule has 0 radical (unpaired) electrons. The van der Waals surface area contributed by atoms with Crippen LogP contribution < -0.4 is 10.1 Å². The number of thioether (sulfide) groups is 1. The van der Waals surface area contributed by atoms with E-state index < -0.39 is 0 Å². The number of thiocarbonyl (C=S) groups is 1. The Kier molecular flexibility index (Phi) is 3.71. The van der Waals surface area contributed by atoms with Crippen molar-refractivity contribution in [1.29, 1.82) is 0 Å². The summed E-state index contributed by atoms with van der Waals surface area (Å²) < 4.78 is 5.52. The molecule has 1 fully saturated rings. The molecule has 1 aliphatic rings. The number of hydrogen-bond acceptors (Lipinski definition) is 4. The van der Waals surface area contributed by atoms with E-state index in [0.717, 1.165) is 5.56 Å². The zero-order valence-corrected chi connectivity index (χ0v) is 11.2. The number of hydrogen-bond donors (Lipinski definition) is 1. The van der Waals surface area contributed by atoms with Gasteiger partial charge in [-0.15, -0.1) is 0 Å². The third-order valence-electron chi connectivity index (χ3n) is 2.12. The molecule has 0 bridgehead atoms. The van der Waals surface area contributed by atoms with E-state index in [-0.39, 0.29) is 5.91 Å². The van der Waals surface area contributed by atoms with Gasteiger partial charge in [-0.3, -0.25) is 4.79 Å². The van der Waals surface area contributed by atoms with Gasteiger partial charge in [0.15, 0.2) is 0 Å². The van der Waals surface area contributed by atoms with Crippen LogP contribution in [0.15, 0.2) is 23.1 Å². The Morgan fingerprint density at radius 3 is 2.82 bits per heavy atom. The van der Waals surface area contributed by atoms with E-state index in [1.165, 1.54) is 11.8 Å². The smallest absolute Gasteiger partial charge is 0.263 e. The van der Waals surface area contributed by atoms with Crippen LogP contribution in [0.5, 0.6) is 5.75 Å². The first-order chi connectivity index (χ1) is 8.10. The molecule has 0 unspecified atom stereocenters. The van der Waals surface area contributed by atoms with Gasteiger partial charge in [-0.2, -0.15) is 0 Å². The first-order valence-electron chi connectivity index (χ1n) is 4.68. The number of methoxy groups -OCH3 is 1. The Balaban J connectivity index is 2.30. The molecule has 1 saturated heterocycles. The summed E-state index contributed by atoms with van der Waals surface area (Å²) >= 11 is 12.1. The molecule has 1 aromatic carbocycles. The van der Waals surface area contributed by atoms with Crippen LogP contribution >= 0.6 is 35.6 Å². The predicted molar refractivity (Wildman–Crippen MR) is 74.3 cm³/mol. The number of amides is 1. The molecule has 0 aromatic heterocycles. The molecule has 1 N–H and O–H groups in total. The van der Waals surface area contributed by atoms with Crippen LogP contribution in [0.3, 0.4) is 0 Å². The fourth-order valence-electron chi connectivity index (χ4n) is 1.34. The van der Waals surface area contributed by atoms with Gasteiger partial charge in [0.1, 0.15) is 10.1 Å². The number of carbonyl (C=O) groups is 1. The number of halogens is 1. The number of rotatable bonds is 2. The van der Waals surface area contributed by atoms with Gasteiger partial charge in [0.05, 0.1) is 17.0 Å². The lowest BCUT2D eigenvalue weighted by molar-refractivity contribution is -0.115. The highest BCUT2D eigenvalue weighted by Gasteiger charge is 2.21. The minimum Gasteiger partial charge on any atom is -0.495 e. The molecule has 0 spiro atoms. The van der Waals surface area contributed by atoms with Crippen LogP contribution in [-0.2, 0) is 4.79 Å². The summed E-state index contributed by atoms with van der Waals surface area (Å²) in [6, 6.07) is 5.32. The number of benzene rings is 1. The molecule has 1 heterocycles. The Morgan fingerprint density at radius 1 is 1.53 bits per heavy atom. The van der Waals surface area contributed by atoms with Crippen molar-refractivity contribution in [2.75, 3.05) is 7.11 Å². The van der Waals surface area contributed by atoms with Crippen LogP contribution in [-0.4, -0.2) is 17.3 Å². The van der Waals surface area contributed by atoms with Crippen molar-refractivity contribution in [2.45, 2.75) is 0 Å². The monoisotopic (exact) mass is 285 g/mol. The highest BCUT2D eigenvalue weighted by molar-refractivity contribution is 8.26. The van der Waals surface area contributed by atoms with Gasteiger partial charge in [-0.1, -0.05) is 41.6 Å². The molecule has 88 valence electrons. The summed E-state index contributed by atoms with van der Waals surface area (Å²) in [4.78, 5) is 12.0. The van der Waals surface area contributed by atoms with E-state index in [4.69, 9.17) is 28.6 Å². The van der Waals surface area contributed by atoms with Crippen molar-refractivity contribution < 1.29 is 9.53 Å². The first kappa shape index (κ1) is 12.4. The fourth-order valence-corrected chi connectivity index (χ4v) is 2.66. The molecular weight excluding hydrogens is 278 g/mol. The topological polar surface area (TPSA) is 38.3 Å². The number of ether oxygens (including phenoxy) is 1. The standard InChI is InChI=1S/C11H8ClNO2S2/c1-15-8-3-2-6(4-7(8)12)5-9-10(14)13-11(16)17-9/h2-5H,1H3,(H,13,14,16). The van der Waals surface area contributed by atoms with E-state index in [9.17, 15) is 4.79 Å². The lowest BCUT2D eigenvalue weighted by Crippen LogP contribution is -2.17. The lowest BCUT2D eigenvalue weighted by atomic mass is 10.2. The maximum absolute atomic E-state index is 11.5. The molecule has 3 nitrogen and oxygen atoms in total. The van der Waals surface area contributed by atoms with Crippen molar-refractivity contribution in [2.24, 2.45) is 0 Å². The van der Waals surface area contributed by atoms with Crippen LogP contribution in [0.25, 0.3) is 6.08 Å². The molecular formula is C11H8ClNO2S2. The Morgan fingerprint density at radius 2 is 2.29 bits per heavy atom. The van der Waals surface area contributed by atoms with Crippen molar-refractivity contribution >= 4 is 51.9 Å². The second kappa shape index (κ2) is 5.08. The summed E-state index contributed by atoms with van der Waals surface area (Å²) in [6.45, 7) is 0. The molecule has 17 heavy (non-hydrogen) atoms. The van der Waals surface area contributed by atoms with Crippen LogP contribution in [0.2, 0.25) is 5.02 Å². The summed E-state index contributed by atoms with van der Waals surface area (Å²) in [7, 11) is 1.55. The predicted octanol–water partition coefficient (Wildman–Crippen LogP) is 2.84.